The molecule has 0 aliphatic heterocycles. The van der Waals surface area contributed by atoms with Gasteiger partial charge in [0.05, 0.1) is 0 Å². The average molecular weight is 243 g/mol. The predicted octanol–water partition coefficient (Wildman–Crippen LogP) is 1.10. The summed E-state index contributed by atoms with van der Waals surface area (Å²) >= 11 is 1.64. The Bertz CT molecular complexity index is 335. The van der Waals surface area contributed by atoms with Crippen LogP contribution in [0.2, 0.25) is 0 Å². The summed E-state index contributed by atoms with van der Waals surface area (Å²) in [5.41, 5.74) is -0.483. The summed E-state index contributed by atoms with van der Waals surface area (Å²) in [6, 6.07) is 2.18. The van der Waals surface area contributed by atoms with Crippen LogP contribution in [-0.2, 0) is 11.2 Å². The third-order valence-corrected chi connectivity index (χ3v) is 3.11. The molecule has 0 bridgehead atoms. The molecule has 0 amide bonds. The Labute approximate surface area is 98.9 Å². The lowest BCUT2D eigenvalue weighted by molar-refractivity contribution is -0.156. The minimum Gasteiger partial charge on any atom is -0.479 e. The van der Waals surface area contributed by atoms with Crippen LogP contribution in [-0.4, -0.2) is 34.4 Å². The highest BCUT2D eigenvalue weighted by molar-refractivity contribution is 7.07. The van der Waals surface area contributed by atoms with Gasteiger partial charge in [-0.25, -0.2) is 4.79 Å². The number of aliphatic hydroxyl groups is 1. The highest BCUT2D eigenvalue weighted by Crippen LogP contribution is 2.09. The lowest BCUT2D eigenvalue weighted by atomic mass is 10.1. The molecule has 5 heteroatoms. The van der Waals surface area contributed by atoms with Crippen molar-refractivity contribution in [2.75, 3.05) is 6.54 Å². The number of hydrogen-bond donors (Lipinski definition) is 3. The molecule has 0 aromatic carbocycles. The molecule has 0 saturated carbocycles. The van der Waals surface area contributed by atoms with E-state index >= 15 is 0 Å². The van der Waals surface area contributed by atoms with Crippen LogP contribution in [0.15, 0.2) is 16.8 Å². The second kappa shape index (κ2) is 5.43. The van der Waals surface area contributed by atoms with E-state index in [9.17, 15) is 9.90 Å². The Kier molecular flexibility index (Phi) is 4.46. The second-order valence-electron chi connectivity index (χ2n) is 4.20. The van der Waals surface area contributed by atoms with Gasteiger partial charge in [-0.05, 0) is 42.7 Å². The zero-order valence-electron chi connectivity index (χ0n) is 9.43. The molecule has 3 N–H and O–H groups in total. The summed E-state index contributed by atoms with van der Waals surface area (Å²) in [4.78, 5) is 10.7. The van der Waals surface area contributed by atoms with E-state index in [1.165, 1.54) is 12.5 Å². The molecule has 16 heavy (non-hydrogen) atoms. The van der Waals surface area contributed by atoms with Crippen molar-refractivity contribution in [3.8, 4) is 0 Å². The molecule has 1 aromatic heterocycles. The fourth-order valence-electron chi connectivity index (χ4n) is 1.28. The summed E-state index contributed by atoms with van der Waals surface area (Å²) in [6.07, 6.45) is 0.833. The molecule has 0 radical (unpaired) electrons. The number of rotatable bonds is 6. The van der Waals surface area contributed by atoms with Gasteiger partial charge in [0.1, 0.15) is 0 Å². The smallest absolute Gasteiger partial charge is 0.336 e. The van der Waals surface area contributed by atoms with Crippen LogP contribution in [0.4, 0.5) is 0 Å². The fourth-order valence-corrected chi connectivity index (χ4v) is 1.96. The Hall–Kier alpha value is -0.910. The summed E-state index contributed by atoms with van der Waals surface area (Å²) < 4.78 is 0. The molecule has 90 valence electrons. The maximum absolute atomic E-state index is 10.7. The number of nitrogens with one attached hydrogen (secondary N) is 1. The lowest BCUT2D eigenvalue weighted by Gasteiger charge is -2.21. The summed E-state index contributed by atoms with van der Waals surface area (Å²) in [6.45, 7) is 3.31. The zero-order chi connectivity index (χ0) is 12.2. The van der Waals surface area contributed by atoms with Crippen molar-refractivity contribution in [1.82, 2.24) is 5.32 Å². The Morgan fingerprint density at radius 2 is 2.38 bits per heavy atom. The molecule has 0 fully saturated rings. The number of carboxylic acids is 1. The van der Waals surface area contributed by atoms with Gasteiger partial charge in [-0.3, -0.25) is 0 Å². The number of aliphatic carboxylic acids is 1. The predicted molar refractivity (Wildman–Crippen MR) is 63.7 cm³/mol. The van der Waals surface area contributed by atoms with Crippen molar-refractivity contribution < 1.29 is 15.0 Å². The molecule has 0 aliphatic carbocycles. The largest absolute Gasteiger partial charge is 0.479 e. The van der Waals surface area contributed by atoms with Crippen molar-refractivity contribution in [1.29, 1.82) is 0 Å². The molecular formula is C11H17NO3S. The quantitative estimate of drug-likeness (QED) is 0.700. The number of thiophene rings is 1. The average Bonchev–Trinajstić information content (AvgIpc) is 2.67. The maximum Gasteiger partial charge on any atom is 0.336 e. The van der Waals surface area contributed by atoms with Gasteiger partial charge in [-0.15, -0.1) is 0 Å². The van der Waals surface area contributed by atoms with Gasteiger partial charge in [-0.2, -0.15) is 11.3 Å². The highest BCUT2D eigenvalue weighted by atomic mass is 32.1. The summed E-state index contributed by atoms with van der Waals surface area (Å²) in [5.74, 6) is -1.21. The summed E-state index contributed by atoms with van der Waals surface area (Å²) in [7, 11) is 0. The summed E-state index contributed by atoms with van der Waals surface area (Å²) in [5, 5.41) is 25.3. The van der Waals surface area contributed by atoms with Gasteiger partial charge in [0, 0.05) is 12.6 Å². The Morgan fingerprint density at radius 1 is 1.69 bits per heavy atom. The van der Waals surface area contributed by atoms with Crippen molar-refractivity contribution in [3.05, 3.63) is 22.4 Å². The normalized spacial score (nSPS) is 16.7. The van der Waals surface area contributed by atoms with Crippen molar-refractivity contribution >= 4 is 17.3 Å². The first kappa shape index (κ1) is 13.2. The topological polar surface area (TPSA) is 69.6 Å². The highest BCUT2D eigenvalue weighted by Gasteiger charge is 2.29. The Balaban J connectivity index is 2.35. The molecular weight excluding hydrogens is 226 g/mol. The maximum atomic E-state index is 10.7. The molecule has 1 aromatic rings. The van der Waals surface area contributed by atoms with Crippen molar-refractivity contribution in [3.63, 3.8) is 0 Å². The van der Waals surface area contributed by atoms with Gasteiger partial charge >= 0.3 is 5.97 Å². The first-order valence-electron chi connectivity index (χ1n) is 5.12. The van der Waals surface area contributed by atoms with E-state index in [4.69, 9.17) is 5.11 Å². The van der Waals surface area contributed by atoms with Crippen LogP contribution in [0.25, 0.3) is 0 Å². The fraction of sp³-hybridized carbons (Fsp3) is 0.545. The van der Waals surface area contributed by atoms with Crippen LogP contribution >= 0.6 is 11.3 Å². The minimum atomic E-state index is -1.71. The first-order valence-corrected chi connectivity index (χ1v) is 6.06. The van der Waals surface area contributed by atoms with Crippen LogP contribution in [0, 0.1) is 0 Å². The van der Waals surface area contributed by atoms with Gasteiger partial charge in [0.2, 0.25) is 0 Å². The number of hydrogen-bond acceptors (Lipinski definition) is 4. The van der Waals surface area contributed by atoms with Crippen molar-refractivity contribution in [2.45, 2.75) is 31.9 Å². The van der Waals surface area contributed by atoms with Gasteiger partial charge in [0.15, 0.2) is 5.60 Å². The van der Waals surface area contributed by atoms with E-state index in [0.717, 1.165) is 6.42 Å². The molecule has 4 nitrogen and oxygen atoms in total. The SMILES string of the molecule is CC(Cc1ccsc1)NCC(C)(O)C(=O)O. The van der Waals surface area contributed by atoms with E-state index in [1.54, 1.807) is 11.3 Å². The van der Waals surface area contributed by atoms with Crippen LogP contribution in [0.5, 0.6) is 0 Å². The molecule has 2 atom stereocenters. The third kappa shape index (κ3) is 3.92. The van der Waals surface area contributed by atoms with Crippen molar-refractivity contribution in [2.24, 2.45) is 0 Å². The van der Waals surface area contributed by atoms with Crippen LogP contribution in [0.3, 0.4) is 0 Å². The molecule has 1 heterocycles. The van der Waals surface area contributed by atoms with Gasteiger partial charge in [0.25, 0.3) is 0 Å². The van der Waals surface area contributed by atoms with E-state index in [2.05, 4.69) is 10.7 Å². The monoisotopic (exact) mass is 243 g/mol. The Morgan fingerprint density at radius 3 is 2.88 bits per heavy atom. The minimum absolute atomic E-state index is 0.0492. The lowest BCUT2D eigenvalue weighted by Crippen LogP contribution is -2.47. The van der Waals surface area contributed by atoms with E-state index in [0.29, 0.717) is 0 Å². The molecule has 0 spiro atoms. The van der Waals surface area contributed by atoms with Gasteiger partial charge < -0.3 is 15.5 Å². The first-order chi connectivity index (χ1) is 7.42. The molecule has 0 saturated heterocycles. The van der Waals surface area contributed by atoms with E-state index in [1.807, 2.05) is 18.4 Å². The molecule has 2 unspecified atom stereocenters. The van der Waals surface area contributed by atoms with E-state index < -0.39 is 11.6 Å². The van der Waals surface area contributed by atoms with Crippen LogP contribution < -0.4 is 5.32 Å². The van der Waals surface area contributed by atoms with Gasteiger partial charge in [-0.1, -0.05) is 0 Å². The second-order valence-corrected chi connectivity index (χ2v) is 4.98. The zero-order valence-corrected chi connectivity index (χ0v) is 10.3. The standard InChI is InChI=1S/C11H17NO3S/c1-8(5-9-3-4-16-6-9)12-7-11(2,15)10(13)14/h3-4,6,8,12,15H,5,7H2,1-2H3,(H,13,14). The third-order valence-electron chi connectivity index (χ3n) is 2.38. The number of carbonyl (C=O) groups is 1. The van der Waals surface area contributed by atoms with E-state index in [-0.39, 0.29) is 12.6 Å². The molecule has 1 rings (SSSR count). The number of carboxylic acid groups (broad SMARTS) is 1. The molecule has 0 aliphatic rings. The van der Waals surface area contributed by atoms with Crippen LogP contribution in [0.1, 0.15) is 19.4 Å².